The fourth-order valence-corrected chi connectivity index (χ4v) is 2.71. The molecule has 1 fully saturated rings. The first kappa shape index (κ1) is 13.9. The summed E-state index contributed by atoms with van der Waals surface area (Å²) in [4.78, 5) is 24.7. The van der Waals surface area contributed by atoms with Gasteiger partial charge in [-0.15, -0.1) is 0 Å². The van der Waals surface area contributed by atoms with Crippen molar-refractivity contribution in [2.45, 2.75) is 31.7 Å². The summed E-state index contributed by atoms with van der Waals surface area (Å²) in [6.07, 6.45) is 1.95. The molecule has 1 aliphatic rings. The van der Waals surface area contributed by atoms with E-state index in [1.165, 1.54) is 0 Å². The molecule has 1 aliphatic heterocycles. The summed E-state index contributed by atoms with van der Waals surface area (Å²) in [6, 6.07) is 7.03. The van der Waals surface area contributed by atoms with Crippen molar-refractivity contribution in [3.05, 3.63) is 34.9 Å². The van der Waals surface area contributed by atoms with E-state index in [-0.39, 0.29) is 24.8 Å². The van der Waals surface area contributed by atoms with Gasteiger partial charge in [0.2, 0.25) is 5.91 Å². The zero-order valence-corrected chi connectivity index (χ0v) is 11.3. The lowest BCUT2D eigenvalue weighted by atomic mass is 10.1. The molecule has 1 aromatic rings. The number of carboxylic acids is 1. The third-order valence-electron chi connectivity index (χ3n) is 3.35. The highest BCUT2D eigenvalue weighted by atomic mass is 35.5. The Morgan fingerprint density at radius 3 is 2.89 bits per heavy atom. The minimum Gasteiger partial charge on any atom is -0.481 e. The summed E-state index contributed by atoms with van der Waals surface area (Å²) in [6.45, 7) is 0.650. The van der Waals surface area contributed by atoms with Gasteiger partial charge in [-0.2, -0.15) is 0 Å². The van der Waals surface area contributed by atoms with E-state index in [1.807, 2.05) is 12.1 Å². The molecule has 0 aliphatic carbocycles. The molecule has 1 atom stereocenters. The van der Waals surface area contributed by atoms with Crippen LogP contribution in [0.25, 0.3) is 0 Å². The molecule has 1 saturated heterocycles. The van der Waals surface area contributed by atoms with Crippen LogP contribution in [0.3, 0.4) is 0 Å². The normalized spacial score (nSPS) is 18.6. The highest BCUT2D eigenvalue weighted by Gasteiger charge is 2.30. The van der Waals surface area contributed by atoms with Crippen molar-refractivity contribution in [1.29, 1.82) is 0 Å². The molecule has 2 rings (SSSR count). The molecule has 0 spiro atoms. The number of nitrogens with zero attached hydrogens (tertiary/aromatic N) is 1. The lowest BCUT2D eigenvalue weighted by molar-refractivity contribution is -0.139. The summed E-state index contributed by atoms with van der Waals surface area (Å²) in [7, 11) is 0. The van der Waals surface area contributed by atoms with E-state index >= 15 is 0 Å². The van der Waals surface area contributed by atoms with Crippen molar-refractivity contribution < 1.29 is 14.7 Å². The van der Waals surface area contributed by atoms with Crippen molar-refractivity contribution in [3.8, 4) is 0 Å². The molecule has 1 N–H and O–H groups in total. The van der Waals surface area contributed by atoms with Gasteiger partial charge in [0.15, 0.2) is 0 Å². The Kier molecular flexibility index (Phi) is 4.43. The van der Waals surface area contributed by atoms with Gasteiger partial charge in [0.05, 0.1) is 12.8 Å². The van der Waals surface area contributed by atoms with Crippen LogP contribution in [0.15, 0.2) is 24.3 Å². The molecule has 0 radical (unpaired) electrons. The Hall–Kier alpha value is -1.55. The SMILES string of the molecule is O=C(O)CC1CCCN1C(=O)Cc1cccc(Cl)c1. The molecular weight excluding hydrogens is 266 g/mol. The molecule has 19 heavy (non-hydrogen) atoms. The second kappa shape index (κ2) is 6.06. The molecule has 0 aromatic heterocycles. The topological polar surface area (TPSA) is 57.6 Å². The minimum absolute atomic E-state index is 0.0222. The maximum Gasteiger partial charge on any atom is 0.305 e. The van der Waals surface area contributed by atoms with Gasteiger partial charge in [-0.25, -0.2) is 0 Å². The molecule has 1 unspecified atom stereocenters. The van der Waals surface area contributed by atoms with Gasteiger partial charge in [0.1, 0.15) is 0 Å². The van der Waals surface area contributed by atoms with E-state index in [2.05, 4.69) is 0 Å². The molecule has 102 valence electrons. The Bertz CT molecular complexity index is 489. The largest absolute Gasteiger partial charge is 0.481 e. The summed E-state index contributed by atoms with van der Waals surface area (Å²) >= 11 is 5.88. The second-order valence-corrected chi connectivity index (χ2v) is 5.22. The highest BCUT2D eigenvalue weighted by molar-refractivity contribution is 6.30. The number of halogens is 1. The standard InChI is InChI=1S/C14H16ClNO3/c15-11-4-1-3-10(7-11)8-13(17)16-6-2-5-12(16)9-14(18)19/h1,3-4,7,12H,2,5-6,8-9H2,(H,18,19). The maximum absolute atomic E-state index is 12.2. The van der Waals surface area contributed by atoms with Gasteiger partial charge in [0.25, 0.3) is 0 Å². The quantitative estimate of drug-likeness (QED) is 0.922. The zero-order valence-electron chi connectivity index (χ0n) is 10.5. The number of hydrogen-bond donors (Lipinski definition) is 1. The first-order valence-electron chi connectivity index (χ1n) is 6.32. The summed E-state index contributed by atoms with van der Waals surface area (Å²) in [5, 5.41) is 9.45. The van der Waals surface area contributed by atoms with E-state index in [1.54, 1.807) is 17.0 Å². The minimum atomic E-state index is -0.854. The van der Waals surface area contributed by atoms with E-state index in [4.69, 9.17) is 16.7 Å². The van der Waals surface area contributed by atoms with Crippen LogP contribution in [0.2, 0.25) is 5.02 Å². The van der Waals surface area contributed by atoms with Crippen molar-refractivity contribution in [2.24, 2.45) is 0 Å². The fourth-order valence-electron chi connectivity index (χ4n) is 2.50. The lowest BCUT2D eigenvalue weighted by Gasteiger charge is -2.23. The predicted molar refractivity (Wildman–Crippen MR) is 72.1 cm³/mol. The van der Waals surface area contributed by atoms with E-state index in [0.717, 1.165) is 18.4 Å². The highest BCUT2D eigenvalue weighted by Crippen LogP contribution is 2.21. The van der Waals surface area contributed by atoms with Crippen molar-refractivity contribution >= 4 is 23.5 Å². The third kappa shape index (κ3) is 3.70. The molecular formula is C14H16ClNO3. The Labute approximate surface area is 117 Å². The number of rotatable bonds is 4. The number of amides is 1. The van der Waals surface area contributed by atoms with Crippen LogP contribution in [-0.2, 0) is 16.0 Å². The van der Waals surface area contributed by atoms with E-state index in [0.29, 0.717) is 11.6 Å². The van der Waals surface area contributed by atoms with E-state index < -0.39 is 5.97 Å². The smallest absolute Gasteiger partial charge is 0.305 e. The molecule has 1 heterocycles. The van der Waals surface area contributed by atoms with Crippen molar-refractivity contribution in [2.75, 3.05) is 6.54 Å². The van der Waals surface area contributed by atoms with Crippen LogP contribution >= 0.6 is 11.6 Å². The van der Waals surface area contributed by atoms with Crippen molar-refractivity contribution in [1.82, 2.24) is 4.90 Å². The Balaban J connectivity index is 2.01. The van der Waals surface area contributed by atoms with Gasteiger partial charge in [-0.05, 0) is 30.5 Å². The fraction of sp³-hybridized carbons (Fsp3) is 0.429. The molecule has 0 saturated carbocycles. The number of benzene rings is 1. The predicted octanol–water partition coefficient (Wildman–Crippen LogP) is 2.35. The molecule has 5 heteroatoms. The van der Waals surface area contributed by atoms with Gasteiger partial charge in [-0.3, -0.25) is 9.59 Å². The maximum atomic E-state index is 12.2. The average molecular weight is 282 g/mol. The van der Waals surface area contributed by atoms with Crippen LogP contribution in [0.5, 0.6) is 0 Å². The molecule has 4 nitrogen and oxygen atoms in total. The summed E-state index contributed by atoms with van der Waals surface area (Å²) in [5.41, 5.74) is 0.860. The number of carboxylic acid groups (broad SMARTS) is 1. The van der Waals surface area contributed by atoms with Crippen LogP contribution in [-0.4, -0.2) is 34.5 Å². The first-order valence-corrected chi connectivity index (χ1v) is 6.70. The first-order chi connectivity index (χ1) is 9.06. The number of hydrogen-bond acceptors (Lipinski definition) is 2. The van der Waals surface area contributed by atoms with E-state index in [9.17, 15) is 9.59 Å². The summed E-state index contributed by atoms with van der Waals surface area (Å²) in [5.74, 6) is -0.876. The summed E-state index contributed by atoms with van der Waals surface area (Å²) < 4.78 is 0. The number of carbonyl (C=O) groups excluding carboxylic acids is 1. The van der Waals surface area contributed by atoms with Gasteiger partial charge < -0.3 is 10.0 Å². The molecule has 0 bridgehead atoms. The van der Waals surface area contributed by atoms with Crippen LogP contribution in [0.4, 0.5) is 0 Å². The number of likely N-dealkylation sites (tertiary alicyclic amines) is 1. The number of carbonyl (C=O) groups is 2. The van der Waals surface area contributed by atoms with Gasteiger partial charge in [-0.1, -0.05) is 23.7 Å². The Morgan fingerprint density at radius 1 is 1.42 bits per heavy atom. The lowest BCUT2D eigenvalue weighted by Crippen LogP contribution is -2.37. The van der Waals surface area contributed by atoms with Gasteiger partial charge >= 0.3 is 5.97 Å². The average Bonchev–Trinajstić information content (AvgIpc) is 2.76. The second-order valence-electron chi connectivity index (χ2n) is 4.79. The van der Waals surface area contributed by atoms with Crippen LogP contribution < -0.4 is 0 Å². The molecule has 1 aromatic carbocycles. The molecule has 1 amide bonds. The Morgan fingerprint density at radius 2 is 2.21 bits per heavy atom. The zero-order chi connectivity index (χ0) is 13.8. The van der Waals surface area contributed by atoms with Crippen molar-refractivity contribution in [3.63, 3.8) is 0 Å². The van der Waals surface area contributed by atoms with Crippen LogP contribution in [0, 0.1) is 0 Å². The number of aliphatic carboxylic acids is 1. The van der Waals surface area contributed by atoms with Crippen LogP contribution in [0.1, 0.15) is 24.8 Å². The van der Waals surface area contributed by atoms with Gasteiger partial charge in [0, 0.05) is 17.6 Å². The third-order valence-corrected chi connectivity index (χ3v) is 3.59. The monoisotopic (exact) mass is 281 g/mol.